The van der Waals surface area contributed by atoms with Crippen molar-refractivity contribution in [1.82, 2.24) is 0 Å². The lowest BCUT2D eigenvalue weighted by atomic mass is 9.77. The van der Waals surface area contributed by atoms with Crippen molar-refractivity contribution in [1.29, 1.82) is 0 Å². The molecule has 0 bridgehead atoms. The quantitative estimate of drug-likeness (QED) is 0.180. The van der Waals surface area contributed by atoms with Gasteiger partial charge in [0.05, 0.1) is 28.6 Å². The first kappa shape index (κ1) is 30.0. The van der Waals surface area contributed by atoms with Gasteiger partial charge in [0.1, 0.15) is 11.3 Å². The van der Waals surface area contributed by atoms with Crippen LogP contribution in [0.3, 0.4) is 0 Å². The Kier molecular flexibility index (Phi) is 9.09. The molecule has 0 aliphatic rings. The summed E-state index contributed by atoms with van der Waals surface area (Å²) in [5.41, 5.74) is 0.0648. The largest absolute Gasteiger partial charge is 0.465 e. The van der Waals surface area contributed by atoms with Crippen LogP contribution in [0.1, 0.15) is 73.7 Å². The van der Waals surface area contributed by atoms with Crippen molar-refractivity contribution in [3.63, 3.8) is 0 Å². The number of nitro benzene ring substituents is 1. The van der Waals surface area contributed by atoms with Gasteiger partial charge in [-0.3, -0.25) is 14.9 Å². The second-order valence-corrected chi connectivity index (χ2v) is 10.6. The van der Waals surface area contributed by atoms with Crippen molar-refractivity contribution in [3.05, 3.63) is 93.5 Å². The van der Waals surface area contributed by atoms with Crippen LogP contribution in [-0.2, 0) is 19.7 Å². The van der Waals surface area contributed by atoms with Crippen LogP contribution in [0.4, 0.5) is 11.4 Å². The average Bonchev–Trinajstić information content (AvgIpc) is 2.91. The molecule has 0 fully saturated rings. The Morgan fingerprint density at radius 2 is 1.50 bits per heavy atom. The van der Waals surface area contributed by atoms with Gasteiger partial charge in [0.2, 0.25) is 5.91 Å². The number of hydrogen-bond donors (Lipinski definition) is 1. The van der Waals surface area contributed by atoms with Gasteiger partial charge < -0.3 is 14.8 Å². The highest BCUT2D eigenvalue weighted by atomic mass is 16.6. The molecule has 0 heterocycles. The molecule has 0 spiro atoms. The van der Waals surface area contributed by atoms with E-state index >= 15 is 0 Å². The van der Waals surface area contributed by atoms with Crippen LogP contribution in [0.2, 0.25) is 0 Å². The van der Waals surface area contributed by atoms with Crippen LogP contribution >= 0.6 is 0 Å². The standard InChI is InChI=1S/C31H34N2O7/c1-7-19-31(5,29(36)32-26-24(27(34)39-6)13-10-14-25(26)33(37)38)21-17-15-20(16-18-21)22-11-8-9-12-23(22)28(35)40-30(2,3)4/h8-18H,7,19H2,1-6H3,(H,32,36). The number of hydrogen-bond acceptors (Lipinski definition) is 7. The number of esters is 2. The molecule has 1 atom stereocenters. The van der Waals surface area contributed by atoms with E-state index in [0.29, 0.717) is 29.5 Å². The Morgan fingerprint density at radius 1 is 0.875 bits per heavy atom. The zero-order valence-electron chi connectivity index (χ0n) is 23.6. The lowest BCUT2D eigenvalue weighted by Crippen LogP contribution is -2.38. The summed E-state index contributed by atoms with van der Waals surface area (Å²) in [7, 11) is 1.16. The molecular weight excluding hydrogens is 512 g/mol. The molecule has 9 nitrogen and oxygen atoms in total. The molecule has 3 rings (SSSR count). The van der Waals surface area contributed by atoms with Crippen molar-refractivity contribution in [3.8, 4) is 11.1 Å². The Hall–Kier alpha value is -4.53. The second kappa shape index (κ2) is 12.1. The number of carbonyl (C=O) groups is 3. The molecule has 0 saturated heterocycles. The summed E-state index contributed by atoms with van der Waals surface area (Å²) in [5, 5.41) is 14.4. The van der Waals surface area contributed by atoms with Gasteiger partial charge >= 0.3 is 11.9 Å². The van der Waals surface area contributed by atoms with E-state index in [1.54, 1.807) is 52.0 Å². The molecule has 40 heavy (non-hydrogen) atoms. The summed E-state index contributed by atoms with van der Waals surface area (Å²) >= 11 is 0. The fourth-order valence-electron chi connectivity index (χ4n) is 4.51. The number of para-hydroxylation sites is 1. The van der Waals surface area contributed by atoms with E-state index in [0.717, 1.165) is 12.7 Å². The third-order valence-corrected chi connectivity index (χ3v) is 6.51. The summed E-state index contributed by atoms with van der Waals surface area (Å²) < 4.78 is 10.3. The van der Waals surface area contributed by atoms with Gasteiger partial charge in [-0.1, -0.05) is 61.9 Å². The number of nitro groups is 1. The maximum atomic E-state index is 13.7. The van der Waals surface area contributed by atoms with Gasteiger partial charge in [-0.2, -0.15) is 0 Å². The summed E-state index contributed by atoms with van der Waals surface area (Å²) in [6.45, 7) is 9.10. The number of benzene rings is 3. The van der Waals surface area contributed by atoms with E-state index in [1.165, 1.54) is 18.2 Å². The van der Waals surface area contributed by atoms with Crippen molar-refractivity contribution in [2.75, 3.05) is 12.4 Å². The van der Waals surface area contributed by atoms with Crippen molar-refractivity contribution in [2.45, 2.75) is 58.5 Å². The SMILES string of the molecule is CCCC(C)(C(=O)Nc1c(C(=O)OC)cccc1[N+](=O)[O-])c1ccc(-c2ccccc2C(=O)OC(C)(C)C)cc1. The third-order valence-electron chi connectivity index (χ3n) is 6.51. The molecule has 0 saturated carbocycles. The predicted molar refractivity (Wildman–Crippen MR) is 152 cm³/mol. The predicted octanol–water partition coefficient (Wildman–Crippen LogP) is 6.70. The number of ether oxygens (including phenoxy) is 2. The maximum Gasteiger partial charge on any atom is 0.340 e. The van der Waals surface area contributed by atoms with E-state index in [1.807, 2.05) is 31.2 Å². The van der Waals surface area contributed by atoms with Gasteiger partial charge in [-0.15, -0.1) is 0 Å². The van der Waals surface area contributed by atoms with Crippen molar-refractivity contribution in [2.24, 2.45) is 0 Å². The first-order valence-corrected chi connectivity index (χ1v) is 12.9. The molecule has 9 heteroatoms. The number of carbonyl (C=O) groups excluding carboxylic acids is 3. The summed E-state index contributed by atoms with van der Waals surface area (Å²) in [5.74, 6) is -1.74. The molecule has 3 aromatic rings. The second-order valence-electron chi connectivity index (χ2n) is 10.6. The van der Waals surface area contributed by atoms with Gasteiger partial charge in [0.25, 0.3) is 5.69 Å². The van der Waals surface area contributed by atoms with Crippen LogP contribution in [-0.4, -0.2) is 35.5 Å². The average molecular weight is 547 g/mol. The highest BCUT2D eigenvalue weighted by Gasteiger charge is 2.37. The molecule has 3 aromatic carbocycles. The molecule has 0 aliphatic heterocycles. The Bertz CT molecular complexity index is 1420. The Morgan fingerprint density at radius 3 is 2.08 bits per heavy atom. The van der Waals surface area contributed by atoms with Gasteiger partial charge in [-0.25, -0.2) is 9.59 Å². The van der Waals surface area contributed by atoms with E-state index in [2.05, 4.69) is 5.32 Å². The highest BCUT2D eigenvalue weighted by molar-refractivity contribution is 6.07. The molecular formula is C31H34N2O7. The highest BCUT2D eigenvalue weighted by Crippen LogP contribution is 2.36. The zero-order chi connectivity index (χ0) is 29.7. The van der Waals surface area contributed by atoms with Gasteiger partial charge in [0, 0.05) is 6.07 Å². The number of nitrogens with one attached hydrogen (secondary N) is 1. The van der Waals surface area contributed by atoms with Crippen molar-refractivity contribution >= 4 is 29.2 Å². The first-order valence-electron chi connectivity index (χ1n) is 12.9. The number of amides is 1. The van der Waals surface area contributed by atoms with Gasteiger partial charge in [-0.05, 0) is 62.9 Å². The number of anilines is 1. The fourth-order valence-corrected chi connectivity index (χ4v) is 4.51. The minimum Gasteiger partial charge on any atom is -0.465 e. The smallest absolute Gasteiger partial charge is 0.340 e. The van der Waals surface area contributed by atoms with E-state index in [4.69, 9.17) is 9.47 Å². The lowest BCUT2D eigenvalue weighted by molar-refractivity contribution is -0.384. The van der Waals surface area contributed by atoms with Crippen LogP contribution in [0.25, 0.3) is 11.1 Å². The Labute approximate surface area is 233 Å². The van der Waals surface area contributed by atoms with Crippen molar-refractivity contribution < 1.29 is 28.8 Å². The Balaban J connectivity index is 2.01. The summed E-state index contributed by atoms with van der Waals surface area (Å²) in [4.78, 5) is 50.0. The minimum absolute atomic E-state index is 0.113. The van der Waals surface area contributed by atoms with Crippen LogP contribution in [0, 0.1) is 10.1 Å². The zero-order valence-corrected chi connectivity index (χ0v) is 23.6. The van der Waals surface area contributed by atoms with Crippen LogP contribution in [0.5, 0.6) is 0 Å². The normalized spacial score (nSPS) is 12.7. The summed E-state index contributed by atoms with van der Waals surface area (Å²) in [6.07, 6.45) is 1.08. The molecule has 0 radical (unpaired) electrons. The topological polar surface area (TPSA) is 125 Å². The number of methoxy groups -OCH3 is 1. The van der Waals surface area contributed by atoms with E-state index in [-0.39, 0.29) is 11.3 Å². The molecule has 1 N–H and O–H groups in total. The lowest BCUT2D eigenvalue weighted by Gasteiger charge is -2.29. The fraction of sp³-hybridized carbons (Fsp3) is 0.323. The van der Waals surface area contributed by atoms with E-state index < -0.39 is 39.5 Å². The number of nitrogens with zero attached hydrogens (tertiary/aromatic N) is 1. The number of rotatable bonds is 9. The van der Waals surface area contributed by atoms with Gasteiger partial charge in [0.15, 0.2) is 0 Å². The molecule has 1 unspecified atom stereocenters. The van der Waals surface area contributed by atoms with E-state index in [9.17, 15) is 24.5 Å². The third kappa shape index (κ3) is 6.54. The van der Waals surface area contributed by atoms with Crippen LogP contribution < -0.4 is 5.32 Å². The van der Waals surface area contributed by atoms with Crippen LogP contribution in [0.15, 0.2) is 66.7 Å². The summed E-state index contributed by atoms with van der Waals surface area (Å²) in [6, 6.07) is 18.3. The molecule has 1 amide bonds. The molecule has 210 valence electrons. The molecule has 0 aliphatic carbocycles. The molecule has 0 aromatic heterocycles. The maximum absolute atomic E-state index is 13.7. The first-order chi connectivity index (χ1) is 18.8. The monoisotopic (exact) mass is 546 g/mol. The minimum atomic E-state index is -1.09.